The minimum Gasteiger partial charge on any atom is -0.507 e. The molecule has 88 valence electrons. The normalized spacial score (nSPS) is 10.3. The number of phenols is 1. The van der Waals surface area contributed by atoms with E-state index in [0.29, 0.717) is 11.3 Å². The number of benzene rings is 2. The van der Waals surface area contributed by atoms with Gasteiger partial charge in [0.2, 0.25) is 0 Å². The number of phenolic OH excluding ortho intramolecular Hbond substituents is 1. The lowest BCUT2D eigenvalue weighted by Gasteiger charge is -2.09. The van der Waals surface area contributed by atoms with Crippen molar-refractivity contribution in [3.63, 3.8) is 0 Å². The average Bonchev–Trinajstić information content (AvgIpc) is 2.33. The third-order valence-corrected chi connectivity index (χ3v) is 3.05. The van der Waals surface area contributed by atoms with Gasteiger partial charge in [-0.1, -0.05) is 12.1 Å². The Kier molecular flexibility index (Phi) is 3.33. The summed E-state index contributed by atoms with van der Waals surface area (Å²) in [6, 6.07) is 9.19. The first kappa shape index (κ1) is 11.9. The van der Waals surface area contributed by atoms with E-state index in [1.165, 1.54) is 25.3 Å². The van der Waals surface area contributed by atoms with Crippen molar-refractivity contribution in [3.8, 4) is 22.6 Å². The lowest BCUT2D eigenvalue weighted by atomic mass is 10.0. The Morgan fingerprint density at radius 1 is 1.18 bits per heavy atom. The number of aromatic hydroxyl groups is 1. The Morgan fingerprint density at radius 2 is 1.82 bits per heavy atom. The maximum atomic E-state index is 12.8. The van der Waals surface area contributed by atoms with Crippen LogP contribution in [0.5, 0.6) is 11.5 Å². The predicted octanol–water partition coefficient (Wildman–Crippen LogP) is 3.97. The fourth-order valence-electron chi connectivity index (χ4n) is 1.56. The largest absolute Gasteiger partial charge is 0.507 e. The zero-order valence-corrected chi connectivity index (χ0v) is 10.7. The molecular weight excluding hydrogens is 287 g/mol. The monoisotopic (exact) mass is 296 g/mol. The SMILES string of the molecule is COc1cc(O)c(-c2ccc(F)cc2)cc1Br. The summed E-state index contributed by atoms with van der Waals surface area (Å²) in [6.45, 7) is 0. The predicted molar refractivity (Wildman–Crippen MR) is 67.8 cm³/mol. The molecule has 0 aliphatic rings. The molecule has 0 amide bonds. The van der Waals surface area contributed by atoms with Crippen molar-refractivity contribution in [3.05, 3.63) is 46.7 Å². The molecule has 0 heterocycles. The van der Waals surface area contributed by atoms with E-state index >= 15 is 0 Å². The Hall–Kier alpha value is -1.55. The Balaban J connectivity index is 2.52. The molecule has 0 atom stereocenters. The van der Waals surface area contributed by atoms with Crippen molar-refractivity contribution < 1.29 is 14.2 Å². The maximum Gasteiger partial charge on any atom is 0.136 e. The van der Waals surface area contributed by atoms with Gasteiger partial charge in [0, 0.05) is 11.6 Å². The van der Waals surface area contributed by atoms with Gasteiger partial charge in [-0.15, -0.1) is 0 Å². The molecule has 17 heavy (non-hydrogen) atoms. The summed E-state index contributed by atoms with van der Waals surface area (Å²) in [5, 5.41) is 9.88. The molecule has 1 N–H and O–H groups in total. The quantitative estimate of drug-likeness (QED) is 0.909. The molecule has 0 saturated carbocycles. The molecule has 2 aromatic carbocycles. The highest BCUT2D eigenvalue weighted by Crippen LogP contribution is 2.37. The molecule has 0 unspecified atom stereocenters. The van der Waals surface area contributed by atoms with Gasteiger partial charge in [-0.25, -0.2) is 4.39 Å². The van der Waals surface area contributed by atoms with Crippen molar-refractivity contribution in [2.45, 2.75) is 0 Å². The number of methoxy groups -OCH3 is 1. The van der Waals surface area contributed by atoms with Crippen LogP contribution in [0.2, 0.25) is 0 Å². The maximum absolute atomic E-state index is 12.8. The van der Waals surface area contributed by atoms with Gasteiger partial charge in [0.05, 0.1) is 11.6 Å². The van der Waals surface area contributed by atoms with Crippen LogP contribution in [0.3, 0.4) is 0 Å². The molecule has 2 nitrogen and oxygen atoms in total. The molecule has 0 aromatic heterocycles. The van der Waals surface area contributed by atoms with E-state index in [4.69, 9.17) is 4.74 Å². The standard InChI is InChI=1S/C13H10BrFO2/c1-17-13-7-12(16)10(6-11(13)14)8-2-4-9(15)5-3-8/h2-7,16H,1H3. The first-order valence-corrected chi connectivity index (χ1v) is 5.73. The molecule has 0 bridgehead atoms. The van der Waals surface area contributed by atoms with Gasteiger partial charge in [-0.05, 0) is 39.7 Å². The summed E-state index contributed by atoms with van der Waals surface area (Å²) in [7, 11) is 1.52. The molecule has 2 rings (SSSR count). The first-order chi connectivity index (χ1) is 8.11. The van der Waals surface area contributed by atoms with Crippen LogP contribution in [0.4, 0.5) is 4.39 Å². The summed E-state index contributed by atoms with van der Waals surface area (Å²) < 4.78 is 18.6. The number of ether oxygens (including phenoxy) is 1. The second kappa shape index (κ2) is 4.75. The fraction of sp³-hybridized carbons (Fsp3) is 0.0769. The lowest BCUT2D eigenvalue weighted by molar-refractivity contribution is 0.405. The molecule has 0 fully saturated rings. The summed E-state index contributed by atoms with van der Waals surface area (Å²) in [5.41, 5.74) is 1.37. The van der Waals surface area contributed by atoms with E-state index < -0.39 is 0 Å². The van der Waals surface area contributed by atoms with Crippen LogP contribution in [-0.4, -0.2) is 12.2 Å². The summed E-state index contributed by atoms with van der Waals surface area (Å²) in [4.78, 5) is 0. The minimum absolute atomic E-state index is 0.0941. The topological polar surface area (TPSA) is 29.5 Å². The molecule has 4 heteroatoms. The van der Waals surface area contributed by atoms with Crippen molar-refractivity contribution >= 4 is 15.9 Å². The third-order valence-electron chi connectivity index (χ3n) is 2.43. The summed E-state index contributed by atoms with van der Waals surface area (Å²) >= 11 is 3.34. The molecule has 0 radical (unpaired) electrons. The third kappa shape index (κ3) is 2.42. The van der Waals surface area contributed by atoms with Crippen molar-refractivity contribution in [2.75, 3.05) is 7.11 Å². The number of hydrogen-bond donors (Lipinski definition) is 1. The Morgan fingerprint density at radius 3 is 2.41 bits per heavy atom. The zero-order valence-electron chi connectivity index (χ0n) is 9.08. The second-order valence-corrected chi connectivity index (χ2v) is 4.37. The highest BCUT2D eigenvalue weighted by Gasteiger charge is 2.09. The molecule has 0 saturated heterocycles. The van der Waals surface area contributed by atoms with Gasteiger partial charge in [0.15, 0.2) is 0 Å². The zero-order chi connectivity index (χ0) is 12.4. The highest BCUT2D eigenvalue weighted by molar-refractivity contribution is 9.10. The van der Waals surface area contributed by atoms with Crippen LogP contribution in [0.1, 0.15) is 0 Å². The lowest BCUT2D eigenvalue weighted by Crippen LogP contribution is -1.87. The van der Waals surface area contributed by atoms with Gasteiger partial charge in [0.25, 0.3) is 0 Å². The van der Waals surface area contributed by atoms with Gasteiger partial charge in [-0.3, -0.25) is 0 Å². The Bertz CT molecular complexity index is 538. The second-order valence-electron chi connectivity index (χ2n) is 3.51. The van der Waals surface area contributed by atoms with Gasteiger partial charge < -0.3 is 9.84 Å². The van der Waals surface area contributed by atoms with E-state index in [9.17, 15) is 9.50 Å². The van der Waals surface area contributed by atoms with E-state index in [-0.39, 0.29) is 11.6 Å². The number of hydrogen-bond acceptors (Lipinski definition) is 2. The van der Waals surface area contributed by atoms with Crippen molar-refractivity contribution in [1.82, 2.24) is 0 Å². The van der Waals surface area contributed by atoms with Gasteiger partial charge in [0.1, 0.15) is 17.3 Å². The molecule has 0 aliphatic heterocycles. The molecule has 0 aliphatic carbocycles. The molecule has 2 aromatic rings. The van der Waals surface area contributed by atoms with E-state index in [1.54, 1.807) is 18.2 Å². The van der Waals surface area contributed by atoms with E-state index in [0.717, 1.165) is 10.0 Å². The smallest absolute Gasteiger partial charge is 0.136 e. The number of halogens is 2. The van der Waals surface area contributed by atoms with Crippen LogP contribution in [-0.2, 0) is 0 Å². The first-order valence-electron chi connectivity index (χ1n) is 4.94. The van der Waals surface area contributed by atoms with Crippen LogP contribution < -0.4 is 4.74 Å². The highest BCUT2D eigenvalue weighted by atomic mass is 79.9. The van der Waals surface area contributed by atoms with Crippen LogP contribution in [0.15, 0.2) is 40.9 Å². The summed E-state index contributed by atoms with van der Waals surface area (Å²) in [6.07, 6.45) is 0. The van der Waals surface area contributed by atoms with Gasteiger partial charge in [-0.2, -0.15) is 0 Å². The van der Waals surface area contributed by atoms with Crippen LogP contribution in [0, 0.1) is 5.82 Å². The van der Waals surface area contributed by atoms with Crippen LogP contribution >= 0.6 is 15.9 Å². The average molecular weight is 297 g/mol. The van der Waals surface area contributed by atoms with Gasteiger partial charge >= 0.3 is 0 Å². The van der Waals surface area contributed by atoms with Crippen LogP contribution in [0.25, 0.3) is 11.1 Å². The molecular formula is C13H10BrFO2. The summed E-state index contributed by atoms with van der Waals surface area (Å²) in [5.74, 6) is 0.339. The van der Waals surface area contributed by atoms with Crippen molar-refractivity contribution in [2.24, 2.45) is 0 Å². The van der Waals surface area contributed by atoms with E-state index in [1.807, 2.05) is 0 Å². The van der Waals surface area contributed by atoms with Crippen molar-refractivity contribution in [1.29, 1.82) is 0 Å². The molecule has 0 spiro atoms. The fourth-order valence-corrected chi connectivity index (χ4v) is 2.07. The minimum atomic E-state index is -0.305. The van der Waals surface area contributed by atoms with E-state index in [2.05, 4.69) is 15.9 Å². The number of rotatable bonds is 2. The Labute approximate surface area is 107 Å².